The Morgan fingerprint density at radius 3 is 2.62 bits per heavy atom. The van der Waals surface area contributed by atoms with Gasteiger partial charge in [0.2, 0.25) is 5.91 Å². The summed E-state index contributed by atoms with van der Waals surface area (Å²) in [7, 11) is 0. The molecule has 2 fully saturated rings. The van der Waals surface area contributed by atoms with Gasteiger partial charge in [-0.1, -0.05) is 62.4 Å². The molecule has 0 unspecified atom stereocenters. The molecule has 1 saturated heterocycles. The highest BCUT2D eigenvalue weighted by atomic mass is 16.6. The Labute approximate surface area is 144 Å². The normalized spacial score (nSPS) is 21.8. The van der Waals surface area contributed by atoms with Crippen LogP contribution in [0.3, 0.4) is 0 Å². The SMILES string of the molecule is O=C(CCCC1CCCCC1)N1C(=O)OC[C@@H]1Cc1ccccc1. The van der Waals surface area contributed by atoms with Crippen molar-refractivity contribution in [3.8, 4) is 0 Å². The monoisotopic (exact) mass is 329 g/mol. The van der Waals surface area contributed by atoms with Gasteiger partial charge in [-0.15, -0.1) is 0 Å². The van der Waals surface area contributed by atoms with Gasteiger partial charge in [0, 0.05) is 6.42 Å². The van der Waals surface area contributed by atoms with Crippen LogP contribution in [0.15, 0.2) is 30.3 Å². The van der Waals surface area contributed by atoms with Gasteiger partial charge in [-0.3, -0.25) is 4.79 Å². The number of ether oxygens (including phenoxy) is 1. The first-order valence-electron chi connectivity index (χ1n) is 9.27. The molecule has 3 rings (SSSR count). The first-order chi connectivity index (χ1) is 11.7. The van der Waals surface area contributed by atoms with E-state index < -0.39 is 6.09 Å². The Balaban J connectivity index is 1.50. The van der Waals surface area contributed by atoms with Crippen LogP contribution in [0.5, 0.6) is 0 Å². The highest BCUT2D eigenvalue weighted by molar-refractivity contribution is 5.93. The average molecular weight is 329 g/mol. The predicted octanol–water partition coefficient (Wildman–Crippen LogP) is 4.33. The van der Waals surface area contributed by atoms with E-state index in [1.54, 1.807) is 0 Å². The third kappa shape index (κ3) is 4.37. The summed E-state index contributed by atoms with van der Waals surface area (Å²) in [5, 5.41) is 0. The molecular formula is C20H27NO3. The quantitative estimate of drug-likeness (QED) is 0.780. The van der Waals surface area contributed by atoms with Crippen LogP contribution in [0, 0.1) is 5.92 Å². The summed E-state index contributed by atoms with van der Waals surface area (Å²) >= 11 is 0. The molecule has 2 aliphatic rings. The second-order valence-electron chi connectivity index (χ2n) is 7.08. The zero-order valence-electron chi connectivity index (χ0n) is 14.3. The van der Waals surface area contributed by atoms with Gasteiger partial charge < -0.3 is 4.74 Å². The number of benzene rings is 1. The number of hydrogen-bond acceptors (Lipinski definition) is 3. The molecule has 4 nitrogen and oxygen atoms in total. The highest BCUT2D eigenvalue weighted by Crippen LogP contribution is 2.28. The predicted molar refractivity (Wildman–Crippen MR) is 92.6 cm³/mol. The van der Waals surface area contributed by atoms with E-state index in [0.717, 1.165) is 24.3 Å². The van der Waals surface area contributed by atoms with Crippen molar-refractivity contribution in [2.24, 2.45) is 5.92 Å². The maximum Gasteiger partial charge on any atom is 0.416 e. The van der Waals surface area contributed by atoms with Crippen molar-refractivity contribution < 1.29 is 14.3 Å². The number of cyclic esters (lactones) is 1. The molecule has 0 aromatic heterocycles. The molecule has 1 aliphatic carbocycles. The van der Waals surface area contributed by atoms with E-state index in [1.807, 2.05) is 30.3 Å². The Hall–Kier alpha value is -1.84. The minimum atomic E-state index is -0.474. The Bertz CT molecular complexity index is 551. The van der Waals surface area contributed by atoms with Gasteiger partial charge in [-0.05, 0) is 30.7 Å². The number of hydrogen-bond donors (Lipinski definition) is 0. The fraction of sp³-hybridized carbons (Fsp3) is 0.600. The number of imide groups is 1. The molecule has 0 spiro atoms. The topological polar surface area (TPSA) is 46.6 Å². The standard InChI is InChI=1S/C20H27NO3/c22-19(13-7-12-16-8-3-1-4-9-16)21-18(15-24-20(21)23)14-17-10-5-2-6-11-17/h2,5-6,10-11,16,18H,1,3-4,7-9,12-15H2/t18-/m0/s1. The lowest BCUT2D eigenvalue weighted by Crippen LogP contribution is -2.40. The first kappa shape index (κ1) is 17.0. The minimum absolute atomic E-state index is 0.0748. The average Bonchev–Trinajstić information content (AvgIpc) is 2.97. The first-order valence-corrected chi connectivity index (χ1v) is 9.27. The van der Waals surface area contributed by atoms with E-state index in [9.17, 15) is 9.59 Å². The molecule has 1 atom stereocenters. The molecule has 1 aromatic rings. The molecule has 0 bridgehead atoms. The van der Waals surface area contributed by atoms with Gasteiger partial charge >= 0.3 is 6.09 Å². The molecule has 1 aliphatic heterocycles. The minimum Gasteiger partial charge on any atom is -0.447 e. The lowest BCUT2D eigenvalue weighted by Gasteiger charge is -2.22. The van der Waals surface area contributed by atoms with E-state index in [0.29, 0.717) is 19.4 Å². The summed E-state index contributed by atoms with van der Waals surface area (Å²) in [4.78, 5) is 25.8. The molecule has 0 N–H and O–H groups in total. The van der Waals surface area contributed by atoms with Gasteiger partial charge in [0.05, 0.1) is 6.04 Å². The summed E-state index contributed by atoms with van der Waals surface area (Å²) in [6, 6.07) is 9.80. The van der Waals surface area contributed by atoms with Crippen LogP contribution < -0.4 is 0 Å². The number of nitrogens with zero attached hydrogens (tertiary/aromatic N) is 1. The Kier molecular flexibility index (Phi) is 5.89. The molecular weight excluding hydrogens is 302 g/mol. The summed E-state index contributed by atoms with van der Waals surface area (Å²) in [6.45, 7) is 0.308. The van der Waals surface area contributed by atoms with Gasteiger partial charge in [-0.25, -0.2) is 9.69 Å². The number of carbonyl (C=O) groups excluding carboxylic acids is 2. The second-order valence-corrected chi connectivity index (χ2v) is 7.08. The van der Waals surface area contributed by atoms with Crippen LogP contribution in [0.25, 0.3) is 0 Å². The van der Waals surface area contributed by atoms with Crippen LogP contribution in [0.4, 0.5) is 4.79 Å². The fourth-order valence-electron chi connectivity index (χ4n) is 3.94. The lowest BCUT2D eigenvalue weighted by molar-refractivity contribution is -0.129. The molecule has 4 heteroatoms. The van der Waals surface area contributed by atoms with Crippen LogP contribution in [-0.2, 0) is 16.0 Å². The Morgan fingerprint density at radius 2 is 1.88 bits per heavy atom. The lowest BCUT2D eigenvalue weighted by atomic mass is 9.86. The molecule has 0 radical (unpaired) electrons. The summed E-state index contributed by atoms with van der Waals surface area (Å²) in [6.07, 6.45) is 9.26. The summed E-state index contributed by atoms with van der Waals surface area (Å²) in [5.41, 5.74) is 1.13. The molecule has 130 valence electrons. The van der Waals surface area contributed by atoms with E-state index >= 15 is 0 Å². The Morgan fingerprint density at radius 1 is 1.12 bits per heavy atom. The van der Waals surface area contributed by atoms with Crippen LogP contribution >= 0.6 is 0 Å². The van der Waals surface area contributed by atoms with E-state index in [-0.39, 0.29) is 11.9 Å². The summed E-state index contributed by atoms with van der Waals surface area (Å²) < 4.78 is 5.13. The van der Waals surface area contributed by atoms with Crippen molar-refractivity contribution in [2.45, 2.75) is 63.8 Å². The summed E-state index contributed by atoms with van der Waals surface area (Å²) in [5.74, 6) is 0.700. The van der Waals surface area contributed by atoms with Crippen LogP contribution in [0.2, 0.25) is 0 Å². The molecule has 24 heavy (non-hydrogen) atoms. The largest absolute Gasteiger partial charge is 0.447 e. The molecule has 1 saturated carbocycles. The second kappa shape index (κ2) is 8.32. The van der Waals surface area contributed by atoms with Gasteiger partial charge in [0.25, 0.3) is 0 Å². The molecule has 2 amide bonds. The number of amides is 2. The maximum atomic E-state index is 12.5. The van der Waals surface area contributed by atoms with Crippen molar-refractivity contribution in [2.75, 3.05) is 6.61 Å². The van der Waals surface area contributed by atoms with Crippen LogP contribution in [0.1, 0.15) is 56.9 Å². The highest BCUT2D eigenvalue weighted by Gasteiger charge is 2.37. The number of carbonyl (C=O) groups is 2. The van der Waals surface area contributed by atoms with Crippen molar-refractivity contribution in [3.63, 3.8) is 0 Å². The zero-order chi connectivity index (χ0) is 16.8. The third-order valence-corrected chi connectivity index (χ3v) is 5.27. The van der Waals surface area contributed by atoms with Gasteiger partial charge in [-0.2, -0.15) is 0 Å². The van der Waals surface area contributed by atoms with Gasteiger partial charge in [0.15, 0.2) is 0 Å². The van der Waals surface area contributed by atoms with E-state index in [2.05, 4.69) is 0 Å². The number of rotatable bonds is 6. The molecule has 1 heterocycles. The van der Waals surface area contributed by atoms with Crippen molar-refractivity contribution in [1.82, 2.24) is 4.90 Å². The van der Waals surface area contributed by atoms with Crippen molar-refractivity contribution >= 4 is 12.0 Å². The maximum absolute atomic E-state index is 12.5. The van der Waals surface area contributed by atoms with Crippen molar-refractivity contribution in [1.29, 1.82) is 0 Å². The van der Waals surface area contributed by atoms with Crippen molar-refractivity contribution in [3.05, 3.63) is 35.9 Å². The van der Waals surface area contributed by atoms with E-state index in [4.69, 9.17) is 4.74 Å². The molecule has 1 aromatic carbocycles. The van der Waals surface area contributed by atoms with Crippen LogP contribution in [-0.4, -0.2) is 29.5 Å². The third-order valence-electron chi connectivity index (χ3n) is 5.27. The zero-order valence-corrected chi connectivity index (χ0v) is 14.3. The van der Waals surface area contributed by atoms with E-state index in [1.165, 1.54) is 37.0 Å². The fourth-order valence-corrected chi connectivity index (χ4v) is 3.94. The van der Waals surface area contributed by atoms with Gasteiger partial charge in [0.1, 0.15) is 6.61 Å². The smallest absolute Gasteiger partial charge is 0.416 e.